The SMILES string of the molecule is COc1ccc(CN(C)C(=O)COC(=O)c2ccccc2C(=O)N(C)c2ccccc2)cc1. The predicted octanol–water partition coefficient (Wildman–Crippen LogP) is 3.79. The Morgan fingerprint density at radius 3 is 2.03 bits per heavy atom. The summed E-state index contributed by atoms with van der Waals surface area (Å²) in [5.41, 5.74) is 1.92. The number of benzene rings is 3. The monoisotopic (exact) mass is 446 g/mol. The van der Waals surface area contributed by atoms with Crippen molar-refractivity contribution in [1.29, 1.82) is 0 Å². The number of ether oxygens (including phenoxy) is 2. The van der Waals surface area contributed by atoms with Gasteiger partial charge in [-0.3, -0.25) is 9.59 Å². The van der Waals surface area contributed by atoms with Crippen LogP contribution in [0.2, 0.25) is 0 Å². The largest absolute Gasteiger partial charge is 0.497 e. The molecule has 2 amide bonds. The van der Waals surface area contributed by atoms with Gasteiger partial charge in [0, 0.05) is 26.3 Å². The first kappa shape index (κ1) is 23.5. The quantitative estimate of drug-likeness (QED) is 0.492. The number of methoxy groups -OCH3 is 1. The summed E-state index contributed by atoms with van der Waals surface area (Å²) in [6.45, 7) is -0.0696. The normalized spacial score (nSPS) is 10.3. The van der Waals surface area contributed by atoms with Gasteiger partial charge in [0.1, 0.15) is 5.75 Å². The van der Waals surface area contributed by atoms with Gasteiger partial charge in [-0.25, -0.2) is 4.79 Å². The number of para-hydroxylation sites is 1. The highest BCUT2D eigenvalue weighted by Gasteiger charge is 2.22. The molecular weight excluding hydrogens is 420 g/mol. The van der Waals surface area contributed by atoms with Crippen LogP contribution in [0, 0.1) is 0 Å². The molecule has 0 radical (unpaired) electrons. The number of rotatable bonds is 8. The van der Waals surface area contributed by atoms with Crippen molar-refractivity contribution in [3.63, 3.8) is 0 Å². The van der Waals surface area contributed by atoms with Crippen LogP contribution in [-0.4, -0.2) is 50.5 Å². The van der Waals surface area contributed by atoms with Crippen molar-refractivity contribution < 1.29 is 23.9 Å². The lowest BCUT2D eigenvalue weighted by molar-refractivity contribution is -0.133. The average molecular weight is 447 g/mol. The number of hydrogen-bond donors (Lipinski definition) is 0. The standard InChI is InChI=1S/C26H26N2O5/c1-27(17-19-13-15-21(32-3)16-14-19)24(29)18-33-26(31)23-12-8-7-11-22(23)25(30)28(2)20-9-5-4-6-10-20/h4-16H,17-18H2,1-3H3. The highest BCUT2D eigenvalue weighted by molar-refractivity contribution is 6.12. The molecule has 33 heavy (non-hydrogen) atoms. The van der Waals surface area contributed by atoms with Crippen LogP contribution in [0.1, 0.15) is 26.3 Å². The second kappa shape index (κ2) is 10.9. The van der Waals surface area contributed by atoms with E-state index < -0.39 is 12.6 Å². The molecule has 0 saturated carbocycles. The molecule has 0 unspecified atom stereocenters. The maximum atomic E-state index is 13.0. The van der Waals surface area contributed by atoms with Crippen molar-refractivity contribution in [3.8, 4) is 5.75 Å². The van der Waals surface area contributed by atoms with Crippen molar-refractivity contribution in [1.82, 2.24) is 4.90 Å². The zero-order valence-corrected chi connectivity index (χ0v) is 18.9. The third kappa shape index (κ3) is 5.98. The molecule has 3 aromatic carbocycles. The zero-order valence-electron chi connectivity index (χ0n) is 18.9. The van der Waals surface area contributed by atoms with E-state index in [1.54, 1.807) is 51.5 Å². The number of likely N-dealkylation sites (N-methyl/N-ethyl adjacent to an activating group) is 1. The van der Waals surface area contributed by atoms with Crippen LogP contribution in [-0.2, 0) is 16.1 Å². The maximum Gasteiger partial charge on any atom is 0.339 e. The molecule has 3 aromatic rings. The first-order valence-electron chi connectivity index (χ1n) is 10.4. The lowest BCUT2D eigenvalue weighted by Gasteiger charge is -2.19. The molecular formula is C26H26N2O5. The van der Waals surface area contributed by atoms with Gasteiger partial charge in [0.15, 0.2) is 6.61 Å². The lowest BCUT2D eigenvalue weighted by atomic mass is 10.1. The van der Waals surface area contributed by atoms with Gasteiger partial charge >= 0.3 is 5.97 Å². The Bertz CT molecular complexity index is 1110. The molecule has 0 atom stereocenters. The summed E-state index contributed by atoms with van der Waals surface area (Å²) in [5.74, 6) is -0.708. The Hall–Kier alpha value is -4.13. The minimum absolute atomic E-state index is 0.107. The van der Waals surface area contributed by atoms with Gasteiger partial charge in [-0.05, 0) is 42.0 Å². The number of hydrogen-bond acceptors (Lipinski definition) is 5. The predicted molar refractivity (Wildman–Crippen MR) is 125 cm³/mol. The summed E-state index contributed by atoms with van der Waals surface area (Å²) in [6, 6.07) is 22.9. The van der Waals surface area contributed by atoms with Crippen LogP contribution in [0.25, 0.3) is 0 Å². The van der Waals surface area contributed by atoms with E-state index in [9.17, 15) is 14.4 Å². The first-order chi connectivity index (χ1) is 15.9. The molecule has 0 saturated heterocycles. The number of anilines is 1. The summed E-state index contributed by atoms with van der Waals surface area (Å²) in [4.78, 5) is 41.1. The molecule has 0 bridgehead atoms. The van der Waals surface area contributed by atoms with E-state index in [-0.39, 0.29) is 22.9 Å². The minimum atomic E-state index is -0.730. The molecule has 0 aromatic heterocycles. The van der Waals surface area contributed by atoms with Crippen LogP contribution in [0.5, 0.6) is 5.75 Å². The molecule has 7 nitrogen and oxygen atoms in total. The molecule has 0 spiro atoms. The van der Waals surface area contributed by atoms with Gasteiger partial charge < -0.3 is 19.3 Å². The van der Waals surface area contributed by atoms with Crippen LogP contribution in [0.15, 0.2) is 78.9 Å². The molecule has 0 aliphatic carbocycles. The van der Waals surface area contributed by atoms with Crippen molar-refractivity contribution in [2.45, 2.75) is 6.54 Å². The number of carbonyl (C=O) groups is 3. The smallest absolute Gasteiger partial charge is 0.339 e. The molecule has 0 aliphatic heterocycles. The van der Waals surface area contributed by atoms with E-state index in [0.717, 1.165) is 11.3 Å². The van der Waals surface area contributed by atoms with Crippen LogP contribution < -0.4 is 9.64 Å². The molecule has 3 rings (SSSR count). The average Bonchev–Trinajstić information content (AvgIpc) is 2.87. The molecule has 0 heterocycles. The van der Waals surface area contributed by atoms with Gasteiger partial charge in [-0.15, -0.1) is 0 Å². The number of carbonyl (C=O) groups excluding carboxylic acids is 3. The van der Waals surface area contributed by atoms with Crippen LogP contribution in [0.4, 0.5) is 5.69 Å². The Morgan fingerprint density at radius 2 is 1.39 bits per heavy atom. The summed E-state index contributed by atoms with van der Waals surface area (Å²) in [6.07, 6.45) is 0. The topological polar surface area (TPSA) is 76.1 Å². The van der Waals surface area contributed by atoms with Gasteiger partial charge in [0.05, 0.1) is 18.2 Å². The molecule has 170 valence electrons. The summed E-state index contributed by atoms with van der Waals surface area (Å²) < 4.78 is 10.4. The van der Waals surface area contributed by atoms with Crippen molar-refractivity contribution in [3.05, 3.63) is 95.6 Å². The van der Waals surface area contributed by atoms with Gasteiger partial charge in [0.2, 0.25) is 0 Å². The maximum absolute atomic E-state index is 13.0. The van der Waals surface area contributed by atoms with Crippen molar-refractivity contribution in [2.24, 2.45) is 0 Å². The fraction of sp³-hybridized carbons (Fsp3) is 0.192. The second-order valence-electron chi connectivity index (χ2n) is 7.42. The molecule has 7 heteroatoms. The zero-order chi connectivity index (χ0) is 23.8. The number of amides is 2. The van der Waals surface area contributed by atoms with Gasteiger partial charge in [-0.2, -0.15) is 0 Å². The highest BCUT2D eigenvalue weighted by atomic mass is 16.5. The van der Waals surface area contributed by atoms with Gasteiger partial charge in [-0.1, -0.05) is 42.5 Å². The van der Waals surface area contributed by atoms with Crippen LogP contribution >= 0.6 is 0 Å². The van der Waals surface area contributed by atoms with E-state index in [0.29, 0.717) is 12.2 Å². The van der Waals surface area contributed by atoms with E-state index in [1.807, 2.05) is 42.5 Å². The van der Waals surface area contributed by atoms with Crippen molar-refractivity contribution in [2.75, 3.05) is 32.7 Å². The van der Waals surface area contributed by atoms with Gasteiger partial charge in [0.25, 0.3) is 11.8 Å². The Kier molecular flexibility index (Phi) is 7.81. The van der Waals surface area contributed by atoms with Crippen molar-refractivity contribution >= 4 is 23.5 Å². The Labute approximate surface area is 193 Å². The van der Waals surface area contributed by atoms with E-state index in [2.05, 4.69) is 0 Å². The fourth-order valence-electron chi connectivity index (χ4n) is 3.21. The highest BCUT2D eigenvalue weighted by Crippen LogP contribution is 2.18. The summed E-state index contributed by atoms with van der Waals surface area (Å²) >= 11 is 0. The first-order valence-corrected chi connectivity index (χ1v) is 10.4. The third-order valence-corrected chi connectivity index (χ3v) is 5.16. The summed E-state index contributed by atoms with van der Waals surface area (Å²) in [5, 5.41) is 0. The molecule has 0 fully saturated rings. The summed E-state index contributed by atoms with van der Waals surface area (Å²) in [7, 11) is 4.86. The fourth-order valence-corrected chi connectivity index (χ4v) is 3.21. The second-order valence-corrected chi connectivity index (χ2v) is 7.42. The molecule has 0 N–H and O–H groups in total. The Morgan fingerprint density at radius 1 is 0.788 bits per heavy atom. The lowest BCUT2D eigenvalue weighted by Crippen LogP contribution is -2.31. The van der Waals surface area contributed by atoms with E-state index in [4.69, 9.17) is 9.47 Å². The van der Waals surface area contributed by atoms with E-state index >= 15 is 0 Å². The van der Waals surface area contributed by atoms with Crippen LogP contribution in [0.3, 0.4) is 0 Å². The molecule has 0 aliphatic rings. The number of esters is 1. The van der Waals surface area contributed by atoms with E-state index in [1.165, 1.54) is 15.9 Å². The minimum Gasteiger partial charge on any atom is -0.497 e. The third-order valence-electron chi connectivity index (χ3n) is 5.16. The Balaban J connectivity index is 1.63. The number of nitrogens with zero attached hydrogens (tertiary/aromatic N) is 2.